The molecule has 0 unspecified atom stereocenters. The van der Waals surface area contributed by atoms with E-state index >= 15 is 0 Å². The Morgan fingerprint density at radius 3 is 2.35 bits per heavy atom. The van der Waals surface area contributed by atoms with Gasteiger partial charge in [-0.3, -0.25) is 10.1 Å². The van der Waals surface area contributed by atoms with Crippen molar-refractivity contribution in [3.63, 3.8) is 0 Å². The molecule has 120 valence electrons. The second-order valence-electron chi connectivity index (χ2n) is 4.61. The average Bonchev–Trinajstić information content (AvgIpc) is 2.55. The molecular formula is C16H15NO6. The lowest BCUT2D eigenvalue weighted by atomic mass is 10.1. The minimum absolute atomic E-state index is 0.00679. The highest BCUT2D eigenvalue weighted by Crippen LogP contribution is 2.31. The summed E-state index contributed by atoms with van der Waals surface area (Å²) in [4.78, 5) is 22.4. The summed E-state index contributed by atoms with van der Waals surface area (Å²) < 4.78 is 15.3. The monoisotopic (exact) mass is 317 g/mol. The quantitative estimate of drug-likeness (QED) is 0.352. The topological polar surface area (TPSA) is 87.9 Å². The van der Waals surface area contributed by atoms with Gasteiger partial charge < -0.3 is 14.2 Å². The first kappa shape index (κ1) is 16.4. The van der Waals surface area contributed by atoms with Crippen molar-refractivity contribution in [2.45, 2.75) is 6.61 Å². The summed E-state index contributed by atoms with van der Waals surface area (Å²) in [6.45, 7) is 0.439. The Hall–Kier alpha value is -2.93. The van der Waals surface area contributed by atoms with Crippen LogP contribution in [0.1, 0.15) is 15.9 Å². The van der Waals surface area contributed by atoms with Gasteiger partial charge in [-0.1, -0.05) is 12.1 Å². The molecule has 2 rings (SSSR count). The van der Waals surface area contributed by atoms with E-state index in [2.05, 4.69) is 0 Å². The number of nitrogens with zero attached hydrogens (tertiary/aromatic N) is 1. The van der Waals surface area contributed by atoms with Crippen molar-refractivity contribution in [1.82, 2.24) is 0 Å². The van der Waals surface area contributed by atoms with Crippen LogP contribution in [-0.4, -0.2) is 25.1 Å². The molecule has 0 N–H and O–H groups in total. The molecule has 0 fully saturated rings. The molecular weight excluding hydrogens is 302 g/mol. The van der Waals surface area contributed by atoms with Crippen LogP contribution in [0.25, 0.3) is 0 Å². The normalized spacial score (nSPS) is 10.2. The van der Waals surface area contributed by atoms with Crippen LogP contribution in [0.3, 0.4) is 0 Å². The summed E-state index contributed by atoms with van der Waals surface area (Å²) in [5.74, 6) is -0.402. The molecule has 0 heterocycles. The van der Waals surface area contributed by atoms with E-state index in [-0.39, 0.29) is 17.2 Å². The molecule has 0 aliphatic rings. The fourth-order valence-corrected chi connectivity index (χ4v) is 1.92. The highest BCUT2D eigenvalue weighted by molar-refractivity contribution is 5.91. The number of esters is 1. The highest BCUT2D eigenvalue weighted by atomic mass is 16.6. The summed E-state index contributed by atoms with van der Waals surface area (Å²) in [7, 11) is 2.97. The van der Waals surface area contributed by atoms with Crippen LogP contribution < -0.4 is 9.47 Å². The number of rotatable bonds is 6. The van der Waals surface area contributed by atoms with Crippen molar-refractivity contribution in [2.75, 3.05) is 14.2 Å². The number of methoxy groups -OCH3 is 2. The minimum Gasteiger partial charge on any atom is -0.493 e. The van der Waals surface area contributed by atoms with Gasteiger partial charge in [0.15, 0.2) is 11.5 Å². The van der Waals surface area contributed by atoms with Gasteiger partial charge in [0.2, 0.25) is 0 Å². The molecule has 23 heavy (non-hydrogen) atoms. The lowest BCUT2D eigenvalue weighted by Crippen LogP contribution is -2.09. The molecule has 0 saturated heterocycles. The van der Waals surface area contributed by atoms with Gasteiger partial charge in [0.05, 0.1) is 30.3 Å². The van der Waals surface area contributed by atoms with Crippen molar-refractivity contribution in [2.24, 2.45) is 0 Å². The van der Waals surface area contributed by atoms with Gasteiger partial charge in [-0.25, -0.2) is 4.79 Å². The van der Waals surface area contributed by atoms with Gasteiger partial charge in [-0.05, 0) is 23.8 Å². The number of carbonyl (C=O) groups is 1. The molecule has 2 aromatic rings. The third-order valence-electron chi connectivity index (χ3n) is 3.06. The summed E-state index contributed by atoms with van der Waals surface area (Å²) in [5, 5.41) is 10.8. The Labute approximate surface area is 132 Å². The first-order valence-corrected chi connectivity index (χ1v) is 6.67. The summed E-state index contributed by atoms with van der Waals surface area (Å²) in [5.41, 5.74) is 1.04. The van der Waals surface area contributed by atoms with Gasteiger partial charge in [-0.15, -0.1) is 0 Å². The lowest BCUT2D eigenvalue weighted by molar-refractivity contribution is -0.384. The van der Waals surface area contributed by atoms with Crippen LogP contribution in [-0.2, 0) is 11.3 Å². The molecule has 0 aliphatic carbocycles. The van der Waals surface area contributed by atoms with Crippen molar-refractivity contribution >= 4 is 11.7 Å². The van der Waals surface area contributed by atoms with E-state index in [4.69, 9.17) is 14.2 Å². The molecule has 0 saturated carbocycles. The molecule has 2 aromatic carbocycles. The number of nitro benzene ring substituents is 1. The largest absolute Gasteiger partial charge is 0.493 e. The maximum atomic E-state index is 12.2. The van der Waals surface area contributed by atoms with E-state index in [1.807, 2.05) is 0 Å². The van der Waals surface area contributed by atoms with Crippen molar-refractivity contribution in [3.8, 4) is 11.5 Å². The smallest absolute Gasteiger partial charge is 0.343 e. The van der Waals surface area contributed by atoms with Crippen LogP contribution >= 0.6 is 0 Å². The molecule has 7 heteroatoms. The first-order chi connectivity index (χ1) is 11.0. The SMILES string of the molecule is COCc1ccc(C(=O)Oc2cc([N+](=O)[O-])ccc2OC)cc1. The number of carbonyl (C=O) groups excluding carboxylic acids is 1. The number of hydrogen-bond acceptors (Lipinski definition) is 6. The molecule has 0 amide bonds. The van der Waals surface area contributed by atoms with Crippen LogP contribution in [0.5, 0.6) is 11.5 Å². The van der Waals surface area contributed by atoms with Crippen molar-refractivity contribution < 1.29 is 23.9 Å². The van der Waals surface area contributed by atoms with Gasteiger partial charge >= 0.3 is 5.97 Å². The van der Waals surface area contributed by atoms with E-state index < -0.39 is 10.9 Å². The standard InChI is InChI=1S/C16H15NO6/c1-21-10-11-3-5-12(6-4-11)16(18)23-15-9-13(17(19)20)7-8-14(15)22-2/h3-9H,10H2,1-2H3. The summed E-state index contributed by atoms with van der Waals surface area (Å²) >= 11 is 0. The third-order valence-corrected chi connectivity index (χ3v) is 3.06. The second kappa shape index (κ2) is 7.37. The van der Waals surface area contributed by atoms with Gasteiger partial charge in [0.1, 0.15) is 0 Å². The van der Waals surface area contributed by atoms with E-state index in [1.54, 1.807) is 31.4 Å². The predicted octanol–water partition coefficient (Wildman–Crippen LogP) is 2.97. The maximum absolute atomic E-state index is 12.2. The molecule has 0 bridgehead atoms. The Balaban J connectivity index is 2.21. The number of nitro groups is 1. The fraction of sp³-hybridized carbons (Fsp3) is 0.188. The summed E-state index contributed by atoms with van der Waals surface area (Å²) in [6, 6.07) is 10.5. The number of benzene rings is 2. The zero-order chi connectivity index (χ0) is 16.8. The lowest BCUT2D eigenvalue weighted by Gasteiger charge is -2.09. The van der Waals surface area contributed by atoms with Crippen LogP contribution in [0.15, 0.2) is 42.5 Å². The molecule has 7 nitrogen and oxygen atoms in total. The average molecular weight is 317 g/mol. The molecule has 0 radical (unpaired) electrons. The Bertz CT molecular complexity index is 711. The fourth-order valence-electron chi connectivity index (χ4n) is 1.92. The van der Waals surface area contributed by atoms with Gasteiger partial charge in [0, 0.05) is 13.2 Å². The van der Waals surface area contributed by atoms with E-state index in [9.17, 15) is 14.9 Å². The van der Waals surface area contributed by atoms with E-state index in [1.165, 1.54) is 19.2 Å². The highest BCUT2D eigenvalue weighted by Gasteiger charge is 2.16. The summed E-state index contributed by atoms with van der Waals surface area (Å²) in [6.07, 6.45) is 0. The van der Waals surface area contributed by atoms with Gasteiger partial charge in [-0.2, -0.15) is 0 Å². The van der Waals surface area contributed by atoms with Crippen molar-refractivity contribution in [1.29, 1.82) is 0 Å². The third kappa shape index (κ3) is 4.04. The molecule has 0 atom stereocenters. The van der Waals surface area contributed by atoms with E-state index in [0.29, 0.717) is 12.2 Å². The molecule has 0 aromatic heterocycles. The predicted molar refractivity (Wildman–Crippen MR) is 81.8 cm³/mol. The molecule has 0 spiro atoms. The second-order valence-corrected chi connectivity index (χ2v) is 4.61. The Morgan fingerprint density at radius 2 is 1.78 bits per heavy atom. The Kier molecular flexibility index (Phi) is 5.27. The minimum atomic E-state index is -0.632. The zero-order valence-corrected chi connectivity index (χ0v) is 12.6. The van der Waals surface area contributed by atoms with Crippen molar-refractivity contribution in [3.05, 3.63) is 63.7 Å². The number of ether oxygens (including phenoxy) is 3. The number of non-ortho nitro benzene ring substituents is 1. The molecule has 0 aliphatic heterocycles. The Morgan fingerprint density at radius 1 is 1.09 bits per heavy atom. The maximum Gasteiger partial charge on any atom is 0.343 e. The van der Waals surface area contributed by atoms with Crippen LogP contribution in [0.4, 0.5) is 5.69 Å². The van der Waals surface area contributed by atoms with Crippen LogP contribution in [0.2, 0.25) is 0 Å². The van der Waals surface area contributed by atoms with E-state index in [0.717, 1.165) is 11.6 Å². The first-order valence-electron chi connectivity index (χ1n) is 6.67. The van der Waals surface area contributed by atoms with Gasteiger partial charge in [0.25, 0.3) is 5.69 Å². The van der Waals surface area contributed by atoms with Crippen LogP contribution in [0, 0.1) is 10.1 Å². The zero-order valence-electron chi connectivity index (χ0n) is 12.6. The number of hydrogen-bond donors (Lipinski definition) is 0.